The van der Waals surface area contributed by atoms with Gasteiger partial charge in [-0.3, -0.25) is 0 Å². The number of ether oxygens (including phenoxy) is 1. The van der Waals surface area contributed by atoms with Gasteiger partial charge in [0.05, 0.1) is 7.11 Å². The summed E-state index contributed by atoms with van der Waals surface area (Å²) in [6.45, 7) is 9.70. The summed E-state index contributed by atoms with van der Waals surface area (Å²) in [5.74, 6) is 1.54. The van der Waals surface area contributed by atoms with Crippen LogP contribution in [0.4, 0.5) is 0 Å². The lowest BCUT2D eigenvalue weighted by atomic mass is 9.81. The zero-order valence-electron chi connectivity index (χ0n) is 12.4. The molecule has 1 rings (SSSR count). The molecule has 1 aromatic carbocycles. The third kappa shape index (κ3) is 4.02. The minimum Gasteiger partial charge on any atom is -0.496 e. The summed E-state index contributed by atoms with van der Waals surface area (Å²) >= 11 is 0. The second kappa shape index (κ2) is 6.24. The van der Waals surface area contributed by atoms with E-state index in [9.17, 15) is 0 Å². The average molecular weight is 249 g/mol. The van der Waals surface area contributed by atoms with Gasteiger partial charge in [0.2, 0.25) is 0 Å². The Labute approximate surface area is 112 Å². The average Bonchev–Trinajstić information content (AvgIpc) is 2.28. The van der Waals surface area contributed by atoms with E-state index >= 15 is 0 Å². The van der Waals surface area contributed by atoms with E-state index in [-0.39, 0.29) is 5.41 Å². The summed E-state index contributed by atoms with van der Waals surface area (Å²) in [7, 11) is 1.74. The van der Waals surface area contributed by atoms with Crippen molar-refractivity contribution in [3.8, 4) is 5.75 Å². The van der Waals surface area contributed by atoms with Crippen LogP contribution in [0.2, 0.25) is 0 Å². The lowest BCUT2D eigenvalue weighted by Gasteiger charge is -2.25. The van der Waals surface area contributed by atoms with E-state index in [1.165, 1.54) is 11.1 Å². The van der Waals surface area contributed by atoms with Gasteiger partial charge in [0.1, 0.15) is 5.75 Å². The molecule has 0 aliphatic carbocycles. The monoisotopic (exact) mass is 249 g/mol. The van der Waals surface area contributed by atoms with Crippen LogP contribution in [0.25, 0.3) is 0 Å². The molecule has 102 valence electrons. The number of benzene rings is 1. The van der Waals surface area contributed by atoms with Crippen molar-refractivity contribution in [2.24, 2.45) is 11.1 Å². The van der Waals surface area contributed by atoms with Gasteiger partial charge in [-0.2, -0.15) is 0 Å². The summed E-state index contributed by atoms with van der Waals surface area (Å²) in [6, 6.07) is 6.52. The third-order valence-electron chi connectivity index (χ3n) is 3.46. The third-order valence-corrected chi connectivity index (χ3v) is 3.46. The largest absolute Gasteiger partial charge is 0.496 e. The molecular weight excluding hydrogens is 222 g/mol. The van der Waals surface area contributed by atoms with Crippen molar-refractivity contribution in [1.82, 2.24) is 0 Å². The molecule has 0 saturated heterocycles. The van der Waals surface area contributed by atoms with E-state index in [4.69, 9.17) is 10.5 Å². The van der Waals surface area contributed by atoms with Crippen LogP contribution in [0, 0.1) is 5.41 Å². The summed E-state index contributed by atoms with van der Waals surface area (Å²) in [5, 5.41) is 0. The quantitative estimate of drug-likeness (QED) is 0.833. The van der Waals surface area contributed by atoms with E-state index in [1.54, 1.807) is 7.11 Å². The van der Waals surface area contributed by atoms with Crippen LogP contribution in [0.5, 0.6) is 5.75 Å². The smallest absolute Gasteiger partial charge is 0.122 e. The van der Waals surface area contributed by atoms with Crippen LogP contribution in [0.15, 0.2) is 18.2 Å². The van der Waals surface area contributed by atoms with Gasteiger partial charge in [0, 0.05) is 0 Å². The van der Waals surface area contributed by atoms with Gasteiger partial charge in [-0.05, 0) is 47.9 Å². The van der Waals surface area contributed by atoms with Crippen LogP contribution in [-0.2, 0) is 6.42 Å². The Morgan fingerprint density at radius 3 is 2.44 bits per heavy atom. The predicted octanol–water partition coefficient (Wildman–Crippen LogP) is 3.74. The van der Waals surface area contributed by atoms with E-state index in [2.05, 4.69) is 45.9 Å². The number of nitrogens with two attached hydrogens (primary N) is 1. The second-order valence-electron chi connectivity index (χ2n) is 6.11. The molecular formula is C16H27NO. The second-order valence-corrected chi connectivity index (χ2v) is 6.11. The maximum Gasteiger partial charge on any atom is 0.122 e. The Morgan fingerprint density at radius 1 is 1.28 bits per heavy atom. The predicted molar refractivity (Wildman–Crippen MR) is 78.2 cm³/mol. The SMILES string of the molecule is COc1ccc(C(C)C)cc1CC(C)(C)CCN. The molecule has 1 aromatic rings. The molecule has 2 nitrogen and oxygen atoms in total. The number of methoxy groups -OCH3 is 1. The molecule has 0 aliphatic rings. The van der Waals surface area contributed by atoms with Crippen molar-refractivity contribution in [3.63, 3.8) is 0 Å². The molecule has 0 saturated carbocycles. The van der Waals surface area contributed by atoms with Crippen molar-refractivity contribution < 1.29 is 4.74 Å². The van der Waals surface area contributed by atoms with Gasteiger partial charge < -0.3 is 10.5 Å². The Bertz CT molecular complexity index is 383. The van der Waals surface area contributed by atoms with Crippen LogP contribution >= 0.6 is 0 Å². The normalized spacial score (nSPS) is 11.9. The molecule has 0 spiro atoms. The molecule has 0 aliphatic heterocycles. The number of hydrogen-bond donors (Lipinski definition) is 1. The van der Waals surface area contributed by atoms with Crippen molar-refractivity contribution in [3.05, 3.63) is 29.3 Å². The summed E-state index contributed by atoms with van der Waals surface area (Å²) in [6.07, 6.45) is 2.04. The molecule has 0 bridgehead atoms. The highest BCUT2D eigenvalue weighted by Gasteiger charge is 2.20. The van der Waals surface area contributed by atoms with Gasteiger partial charge in [-0.1, -0.05) is 39.8 Å². The zero-order chi connectivity index (χ0) is 13.8. The maximum absolute atomic E-state index is 5.69. The Hall–Kier alpha value is -1.02. The topological polar surface area (TPSA) is 35.2 Å². The fourth-order valence-corrected chi connectivity index (χ4v) is 2.29. The van der Waals surface area contributed by atoms with Gasteiger partial charge in [0.15, 0.2) is 0 Å². The first-order valence-corrected chi connectivity index (χ1v) is 6.76. The van der Waals surface area contributed by atoms with E-state index in [1.807, 2.05) is 0 Å². The Balaban J connectivity index is 3.01. The van der Waals surface area contributed by atoms with Crippen LogP contribution in [-0.4, -0.2) is 13.7 Å². The molecule has 0 unspecified atom stereocenters. The lowest BCUT2D eigenvalue weighted by Crippen LogP contribution is -2.20. The van der Waals surface area contributed by atoms with Crippen LogP contribution in [0.3, 0.4) is 0 Å². The summed E-state index contributed by atoms with van der Waals surface area (Å²) in [5.41, 5.74) is 8.57. The maximum atomic E-state index is 5.69. The molecule has 2 N–H and O–H groups in total. The minimum absolute atomic E-state index is 0.220. The van der Waals surface area contributed by atoms with Gasteiger partial charge in [-0.15, -0.1) is 0 Å². The lowest BCUT2D eigenvalue weighted by molar-refractivity contribution is 0.329. The highest BCUT2D eigenvalue weighted by atomic mass is 16.5. The van der Waals surface area contributed by atoms with Gasteiger partial charge >= 0.3 is 0 Å². The Kier molecular flexibility index (Phi) is 5.21. The first kappa shape index (κ1) is 15.0. The van der Waals surface area contributed by atoms with Crippen molar-refractivity contribution in [2.45, 2.75) is 46.5 Å². The number of rotatable bonds is 6. The van der Waals surface area contributed by atoms with E-state index < -0.39 is 0 Å². The standard InChI is InChI=1S/C16H27NO/c1-12(2)13-6-7-15(18-5)14(10-13)11-16(3,4)8-9-17/h6-7,10,12H,8-9,11,17H2,1-5H3. The first-order valence-electron chi connectivity index (χ1n) is 6.76. The molecule has 0 amide bonds. The fourth-order valence-electron chi connectivity index (χ4n) is 2.29. The van der Waals surface area contributed by atoms with Crippen LogP contribution < -0.4 is 10.5 Å². The van der Waals surface area contributed by atoms with E-state index in [0.29, 0.717) is 5.92 Å². The summed E-state index contributed by atoms with van der Waals surface area (Å²) < 4.78 is 5.47. The molecule has 0 radical (unpaired) electrons. The zero-order valence-corrected chi connectivity index (χ0v) is 12.4. The highest BCUT2D eigenvalue weighted by molar-refractivity contribution is 5.39. The van der Waals surface area contributed by atoms with Crippen LogP contribution in [0.1, 0.15) is 51.2 Å². The molecule has 18 heavy (non-hydrogen) atoms. The van der Waals surface area contributed by atoms with Crippen molar-refractivity contribution >= 4 is 0 Å². The molecule has 0 heterocycles. The molecule has 2 heteroatoms. The number of hydrogen-bond acceptors (Lipinski definition) is 2. The van der Waals surface area contributed by atoms with Crippen molar-refractivity contribution in [2.75, 3.05) is 13.7 Å². The fraction of sp³-hybridized carbons (Fsp3) is 0.625. The van der Waals surface area contributed by atoms with Gasteiger partial charge in [-0.25, -0.2) is 0 Å². The molecule has 0 atom stereocenters. The van der Waals surface area contributed by atoms with Crippen molar-refractivity contribution in [1.29, 1.82) is 0 Å². The Morgan fingerprint density at radius 2 is 1.94 bits per heavy atom. The molecule has 0 aromatic heterocycles. The van der Waals surface area contributed by atoms with E-state index in [0.717, 1.165) is 25.1 Å². The minimum atomic E-state index is 0.220. The first-order chi connectivity index (χ1) is 8.39. The molecule has 0 fully saturated rings. The summed E-state index contributed by atoms with van der Waals surface area (Å²) in [4.78, 5) is 0. The van der Waals surface area contributed by atoms with Gasteiger partial charge in [0.25, 0.3) is 0 Å². The highest BCUT2D eigenvalue weighted by Crippen LogP contribution is 2.32.